The van der Waals surface area contributed by atoms with Gasteiger partial charge in [-0.05, 0) is 29.7 Å². The molecule has 1 aromatic rings. The van der Waals surface area contributed by atoms with E-state index in [1.54, 1.807) is 0 Å². The Morgan fingerprint density at radius 1 is 1.53 bits per heavy atom. The van der Waals surface area contributed by atoms with Crippen molar-refractivity contribution in [3.05, 3.63) is 27.9 Å². The number of hydrogen-bond donors (Lipinski definition) is 3. The van der Waals surface area contributed by atoms with E-state index in [2.05, 4.69) is 10.3 Å². The average Bonchev–Trinajstić information content (AvgIpc) is 3.04. The molecule has 0 bridgehead atoms. The second kappa shape index (κ2) is 5.09. The van der Waals surface area contributed by atoms with Gasteiger partial charge in [0.15, 0.2) is 5.69 Å². The van der Waals surface area contributed by atoms with Crippen LogP contribution >= 0.6 is 0 Å². The molecule has 19 heavy (non-hydrogen) atoms. The Labute approximate surface area is 108 Å². The summed E-state index contributed by atoms with van der Waals surface area (Å²) in [5.41, 5.74) is 0.0581. The lowest BCUT2D eigenvalue weighted by atomic mass is 10.1. The molecular weight excluding hydrogens is 254 g/mol. The number of amides is 1. The van der Waals surface area contributed by atoms with E-state index in [0.29, 0.717) is 0 Å². The summed E-state index contributed by atoms with van der Waals surface area (Å²) in [6.07, 6.45) is 1.64. The smallest absolute Gasteiger partial charge is 0.321 e. The van der Waals surface area contributed by atoms with Gasteiger partial charge >= 0.3 is 11.8 Å². The van der Waals surface area contributed by atoms with E-state index < -0.39 is 22.8 Å². The number of nitrogens with one attached hydrogen (secondary N) is 2. The SMILES string of the molecule is O=C(O)CC(NC(=O)c1ccc([N+](=O)[O-])[nH]1)C1CC1. The van der Waals surface area contributed by atoms with Crippen molar-refractivity contribution in [2.24, 2.45) is 5.92 Å². The first-order chi connectivity index (χ1) is 8.97. The summed E-state index contributed by atoms with van der Waals surface area (Å²) in [6, 6.07) is 2.07. The second-order valence-electron chi connectivity index (χ2n) is 4.53. The molecule has 1 atom stereocenters. The highest BCUT2D eigenvalue weighted by Gasteiger charge is 2.34. The van der Waals surface area contributed by atoms with E-state index in [0.717, 1.165) is 12.8 Å². The molecule has 1 unspecified atom stereocenters. The van der Waals surface area contributed by atoms with Gasteiger partial charge in [0.1, 0.15) is 0 Å². The molecule has 1 heterocycles. The van der Waals surface area contributed by atoms with E-state index in [9.17, 15) is 19.7 Å². The Kier molecular flexibility index (Phi) is 3.50. The summed E-state index contributed by atoms with van der Waals surface area (Å²) in [4.78, 5) is 34.8. The van der Waals surface area contributed by atoms with Gasteiger partial charge in [-0.1, -0.05) is 0 Å². The lowest BCUT2D eigenvalue weighted by Crippen LogP contribution is -2.38. The zero-order chi connectivity index (χ0) is 14.0. The first-order valence-corrected chi connectivity index (χ1v) is 5.83. The maximum atomic E-state index is 11.8. The molecule has 0 aliphatic heterocycles. The maximum absolute atomic E-state index is 11.8. The normalized spacial score (nSPS) is 15.8. The predicted molar refractivity (Wildman–Crippen MR) is 63.7 cm³/mol. The van der Waals surface area contributed by atoms with Gasteiger partial charge in [0.25, 0.3) is 5.91 Å². The number of carboxylic acids is 1. The van der Waals surface area contributed by atoms with E-state index in [-0.39, 0.29) is 23.9 Å². The number of H-pyrrole nitrogens is 1. The van der Waals surface area contributed by atoms with Crippen LogP contribution < -0.4 is 5.32 Å². The van der Waals surface area contributed by atoms with Crippen LogP contribution in [0.15, 0.2) is 12.1 Å². The summed E-state index contributed by atoms with van der Waals surface area (Å²) >= 11 is 0. The molecule has 8 nitrogen and oxygen atoms in total. The van der Waals surface area contributed by atoms with Crippen molar-refractivity contribution in [2.45, 2.75) is 25.3 Å². The number of aromatic nitrogens is 1. The fraction of sp³-hybridized carbons (Fsp3) is 0.455. The van der Waals surface area contributed by atoms with Gasteiger partial charge in [-0.2, -0.15) is 0 Å². The third kappa shape index (κ3) is 3.30. The number of nitro groups is 1. The van der Waals surface area contributed by atoms with Gasteiger partial charge in [-0.15, -0.1) is 0 Å². The molecule has 1 saturated carbocycles. The third-order valence-corrected chi connectivity index (χ3v) is 3.01. The first kappa shape index (κ1) is 13.1. The van der Waals surface area contributed by atoms with Crippen LogP contribution in [0, 0.1) is 16.0 Å². The summed E-state index contributed by atoms with van der Waals surface area (Å²) in [7, 11) is 0. The summed E-state index contributed by atoms with van der Waals surface area (Å²) in [6.45, 7) is 0. The van der Waals surface area contributed by atoms with Crippen LogP contribution in [0.5, 0.6) is 0 Å². The molecule has 1 aromatic heterocycles. The lowest BCUT2D eigenvalue weighted by molar-refractivity contribution is -0.389. The van der Waals surface area contributed by atoms with Crippen LogP contribution in [0.4, 0.5) is 5.82 Å². The van der Waals surface area contributed by atoms with Crippen LogP contribution in [0.2, 0.25) is 0 Å². The number of carbonyl (C=O) groups is 2. The van der Waals surface area contributed by atoms with Crippen LogP contribution in [-0.4, -0.2) is 32.9 Å². The van der Waals surface area contributed by atoms with Gasteiger partial charge in [-0.25, -0.2) is 4.98 Å². The Morgan fingerprint density at radius 2 is 2.21 bits per heavy atom. The highest BCUT2D eigenvalue weighted by molar-refractivity contribution is 5.93. The number of rotatable bonds is 6. The predicted octanol–water partition coefficient (Wildman–Crippen LogP) is 0.906. The Hall–Kier alpha value is -2.38. The van der Waals surface area contributed by atoms with Crippen molar-refractivity contribution >= 4 is 17.7 Å². The molecule has 0 saturated heterocycles. The van der Waals surface area contributed by atoms with E-state index >= 15 is 0 Å². The zero-order valence-electron chi connectivity index (χ0n) is 9.96. The topological polar surface area (TPSA) is 125 Å². The largest absolute Gasteiger partial charge is 0.481 e. The number of hydrogen-bond acceptors (Lipinski definition) is 4. The molecule has 0 spiro atoms. The quantitative estimate of drug-likeness (QED) is 0.521. The van der Waals surface area contributed by atoms with Gasteiger partial charge in [0.2, 0.25) is 0 Å². The van der Waals surface area contributed by atoms with Crippen molar-refractivity contribution in [3.63, 3.8) is 0 Å². The molecule has 0 aromatic carbocycles. The molecule has 8 heteroatoms. The summed E-state index contributed by atoms with van der Waals surface area (Å²) < 4.78 is 0. The van der Waals surface area contributed by atoms with E-state index in [4.69, 9.17) is 5.11 Å². The van der Waals surface area contributed by atoms with Crippen molar-refractivity contribution in [3.8, 4) is 0 Å². The molecule has 1 aliphatic carbocycles. The monoisotopic (exact) mass is 267 g/mol. The summed E-state index contributed by atoms with van der Waals surface area (Å²) in [5, 5.41) is 21.9. The van der Waals surface area contributed by atoms with E-state index in [1.165, 1.54) is 12.1 Å². The number of carboxylic acid groups (broad SMARTS) is 1. The standard InChI is InChI=1S/C11H13N3O5/c15-10(16)5-8(6-1-2-6)13-11(17)7-3-4-9(12-7)14(18)19/h3-4,6,8,12H,1-2,5H2,(H,13,17)(H,15,16). The van der Waals surface area contributed by atoms with Crippen molar-refractivity contribution < 1.29 is 19.6 Å². The van der Waals surface area contributed by atoms with E-state index in [1.807, 2.05) is 0 Å². The van der Waals surface area contributed by atoms with Crippen LogP contribution in [0.25, 0.3) is 0 Å². The van der Waals surface area contributed by atoms with Crippen LogP contribution in [0.3, 0.4) is 0 Å². The molecule has 1 fully saturated rings. The number of aliphatic carboxylic acids is 1. The molecule has 3 N–H and O–H groups in total. The molecule has 1 amide bonds. The molecule has 2 rings (SSSR count). The minimum Gasteiger partial charge on any atom is -0.481 e. The van der Waals surface area contributed by atoms with Crippen molar-refractivity contribution in [2.75, 3.05) is 0 Å². The molecule has 0 radical (unpaired) electrons. The van der Waals surface area contributed by atoms with Gasteiger partial charge in [-0.3, -0.25) is 9.59 Å². The number of carbonyl (C=O) groups excluding carboxylic acids is 1. The first-order valence-electron chi connectivity index (χ1n) is 5.83. The fourth-order valence-electron chi connectivity index (χ4n) is 1.89. The highest BCUT2D eigenvalue weighted by atomic mass is 16.6. The van der Waals surface area contributed by atoms with Crippen LogP contribution in [-0.2, 0) is 4.79 Å². The Bertz CT molecular complexity index is 520. The number of nitrogens with zero attached hydrogens (tertiary/aromatic N) is 1. The molecule has 102 valence electrons. The van der Waals surface area contributed by atoms with Crippen molar-refractivity contribution in [1.82, 2.24) is 10.3 Å². The second-order valence-corrected chi connectivity index (χ2v) is 4.53. The lowest BCUT2D eigenvalue weighted by Gasteiger charge is -2.14. The third-order valence-electron chi connectivity index (χ3n) is 3.01. The van der Waals surface area contributed by atoms with Crippen LogP contribution in [0.1, 0.15) is 29.8 Å². The highest BCUT2D eigenvalue weighted by Crippen LogP contribution is 2.34. The molecular formula is C11H13N3O5. The minimum absolute atomic E-state index is 0.0581. The Balaban J connectivity index is 2.01. The average molecular weight is 267 g/mol. The zero-order valence-corrected chi connectivity index (χ0v) is 9.96. The van der Waals surface area contributed by atoms with Gasteiger partial charge in [0.05, 0.1) is 6.42 Å². The van der Waals surface area contributed by atoms with Gasteiger partial charge < -0.3 is 20.5 Å². The maximum Gasteiger partial charge on any atom is 0.321 e. The van der Waals surface area contributed by atoms with Gasteiger partial charge in [0, 0.05) is 12.1 Å². The Morgan fingerprint density at radius 3 is 2.68 bits per heavy atom. The molecule has 1 aliphatic rings. The minimum atomic E-state index is -0.977. The van der Waals surface area contributed by atoms with Crippen molar-refractivity contribution in [1.29, 1.82) is 0 Å². The fourth-order valence-corrected chi connectivity index (χ4v) is 1.89. The summed E-state index contributed by atoms with van der Waals surface area (Å²) in [5.74, 6) is -1.59. The number of aromatic amines is 1.